The van der Waals surface area contributed by atoms with Crippen LogP contribution in [0.1, 0.15) is 69.8 Å². The van der Waals surface area contributed by atoms with Crippen molar-refractivity contribution in [1.82, 2.24) is 20.4 Å². The summed E-state index contributed by atoms with van der Waals surface area (Å²) in [7, 11) is -2.01. The summed E-state index contributed by atoms with van der Waals surface area (Å²) in [4.78, 5) is 24.3. The molecule has 0 saturated heterocycles. The number of halogens is 6. The minimum atomic E-state index is -4.53. The molecular weight excluding hydrogens is 623 g/mol. The summed E-state index contributed by atoms with van der Waals surface area (Å²) in [6, 6.07) is 0.742. The number of carboxylic acids is 1. The zero-order chi connectivity index (χ0) is 31.4. The highest BCUT2D eigenvalue weighted by Crippen LogP contribution is 2.40. The Morgan fingerprint density at radius 2 is 1.81 bits per heavy atom. The standard InChI is InChI=1S/C27H34Cl2F4N4O4S/c1-15(27(31,32)33)35-14-42(41)18-10-9-17(19(28)20(18)29)23-21(30)22(24(38)34-12-11-26(2,3)25(39)40)36-37(23)13-16-7-5-4-6-8-16/h9-10,15-16,35H,4-8,11-14H2,1-3H3,(H,34,38)(H,39,40)/t15-,42?/m0/s1. The zero-order valence-corrected chi connectivity index (χ0v) is 25.7. The molecule has 42 heavy (non-hydrogen) atoms. The van der Waals surface area contributed by atoms with E-state index in [4.69, 9.17) is 23.2 Å². The molecule has 3 rings (SSSR count). The van der Waals surface area contributed by atoms with Gasteiger partial charge in [0.25, 0.3) is 5.91 Å². The van der Waals surface area contributed by atoms with Crippen molar-refractivity contribution in [2.75, 3.05) is 12.4 Å². The van der Waals surface area contributed by atoms with E-state index in [-0.39, 0.29) is 45.1 Å². The number of rotatable bonds is 12. The number of alkyl halides is 3. The molecule has 2 atom stereocenters. The quantitative estimate of drug-likeness (QED) is 0.228. The number of carbonyl (C=O) groups is 2. The Morgan fingerprint density at radius 3 is 2.40 bits per heavy atom. The number of nitrogens with zero attached hydrogens (tertiary/aromatic N) is 2. The van der Waals surface area contributed by atoms with Gasteiger partial charge >= 0.3 is 12.1 Å². The van der Waals surface area contributed by atoms with Crippen molar-refractivity contribution in [1.29, 1.82) is 0 Å². The van der Waals surface area contributed by atoms with Crippen molar-refractivity contribution in [2.24, 2.45) is 11.3 Å². The summed E-state index contributed by atoms with van der Waals surface area (Å²) in [5.74, 6) is -3.21. The average molecular weight is 658 g/mol. The Balaban J connectivity index is 1.93. The molecule has 2 aromatic rings. The van der Waals surface area contributed by atoms with Crippen LogP contribution >= 0.6 is 23.2 Å². The fourth-order valence-electron chi connectivity index (χ4n) is 4.55. The van der Waals surface area contributed by atoms with E-state index in [1.807, 2.05) is 0 Å². The number of nitrogens with one attached hydrogen (secondary N) is 2. The van der Waals surface area contributed by atoms with E-state index in [0.717, 1.165) is 39.0 Å². The van der Waals surface area contributed by atoms with Crippen molar-refractivity contribution in [3.05, 3.63) is 33.7 Å². The number of benzene rings is 1. The van der Waals surface area contributed by atoms with Crippen LogP contribution in [0.25, 0.3) is 11.3 Å². The van der Waals surface area contributed by atoms with Crippen molar-refractivity contribution in [3.8, 4) is 11.3 Å². The van der Waals surface area contributed by atoms with Gasteiger partial charge in [-0.15, -0.1) is 0 Å². The molecule has 0 radical (unpaired) electrons. The first kappa shape index (κ1) is 34.3. The second kappa shape index (κ2) is 14.0. The lowest BCUT2D eigenvalue weighted by Crippen LogP contribution is -2.41. The van der Waals surface area contributed by atoms with Crippen LogP contribution in [0.4, 0.5) is 17.6 Å². The topological polar surface area (TPSA) is 113 Å². The summed E-state index contributed by atoms with van der Waals surface area (Å²) in [5, 5.41) is 17.8. The first-order valence-corrected chi connectivity index (χ1v) is 15.6. The summed E-state index contributed by atoms with van der Waals surface area (Å²) >= 11 is 12.9. The van der Waals surface area contributed by atoms with Gasteiger partial charge in [-0.25, -0.2) is 4.39 Å². The van der Waals surface area contributed by atoms with Crippen LogP contribution in [0.3, 0.4) is 0 Å². The van der Waals surface area contributed by atoms with Crippen LogP contribution in [0.5, 0.6) is 0 Å². The highest BCUT2D eigenvalue weighted by Gasteiger charge is 2.36. The Hall–Kier alpha value is -2.22. The van der Waals surface area contributed by atoms with Crippen molar-refractivity contribution in [3.63, 3.8) is 0 Å². The fraction of sp³-hybridized carbons (Fsp3) is 0.593. The molecule has 0 bridgehead atoms. The van der Waals surface area contributed by atoms with Crippen LogP contribution < -0.4 is 10.6 Å². The maximum absolute atomic E-state index is 15.9. The van der Waals surface area contributed by atoms with Crippen molar-refractivity contribution in [2.45, 2.75) is 83.0 Å². The van der Waals surface area contributed by atoms with Gasteiger partial charge in [-0.1, -0.05) is 42.5 Å². The van der Waals surface area contributed by atoms with Gasteiger partial charge in [-0.05, 0) is 58.1 Å². The molecule has 1 heterocycles. The number of aromatic nitrogens is 2. The van der Waals surface area contributed by atoms with E-state index >= 15 is 4.39 Å². The zero-order valence-electron chi connectivity index (χ0n) is 23.4. The van der Waals surface area contributed by atoms with Crippen LogP contribution in [-0.2, 0) is 22.1 Å². The van der Waals surface area contributed by atoms with Gasteiger partial charge in [0.1, 0.15) is 11.7 Å². The van der Waals surface area contributed by atoms with Gasteiger partial charge in [0, 0.05) is 18.7 Å². The largest absolute Gasteiger partial charge is 0.481 e. The molecule has 0 spiro atoms. The first-order chi connectivity index (χ1) is 19.5. The molecule has 8 nitrogen and oxygen atoms in total. The Kier molecular flexibility index (Phi) is 11.5. The Morgan fingerprint density at radius 1 is 1.17 bits per heavy atom. The Labute approximate surface area is 254 Å². The smallest absolute Gasteiger partial charge is 0.403 e. The second-order valence-corrected chi connectivity index (χ2v) is 13.3. The maximum Gasteiger partial charge on any atom is 0.403 e. The molecule has 1 unspecified atom stereocenters. The van der Waals surface area contributed by atoms with Gasteiger partial charge in [-0.2, -0.15) is 18.3 Å². The number of aliphatic carboxylic acids is 1. The Bertz CT molecular complexity index is 1330. The molecule has 1 aliphatic carbocycles. The normalized spacial score (nSPS) is 16.3. The lowest BCUT2D eigenvalue weighted by atomic mass is 9.89. The van der Waals surface area contributed by atoms with E-state index < -0.39 is 57.7 Å². The molecular formula is C27H34Cl2F4N4O4S. The predicted molar refractivity (Wildman–Crippen MR) is 153 cm³/mol. The number of hydrogen-bond donors (Lipinski definition) is 3. The van der Waals surface area contributed by atoms with Gasteiger partial charge < -0.3 is 10.4 Å². The molecule has 1 aliphatic rings. The lowest BCUT2D eigenvalue weighted by molar-refractivity contribution is -0.150. The van der Waals surface area contributed by atoms with Crippen LogP contribution in [0.15, 0.2) is 17.0 Å². The van der Waals surface area contributed by atoms with E-state index in [9.17, 15) is 32.1 Å². The molecule has 1 fully saturated rings. The van der Waals surface area contributed by atoms with Crippen LogP contribution in [-0.4, -0.2) is 55.6 Å². The number of carbonyl (C=O) groups excluding carboxylic acids is 1. The molecule has 1 aromatic heterocycles. The number of hydrogen-bond acceptors (Lipinski definition) is 5. The van der Waals surface area contributed by atoms with E-state index in [1.165, 1.54) is 30.7 Å². The van der Waals surface area contributed by atoms with Crippen LogP contribution in [0, 0.1) is 17.2 Å². The van der Waals surface area contributed by atoms with Gasteiger partial charge in [0.15, 0.2) is 11.5 Å². The highest BCUT2D eigenvalue weighted by molar-refractivity contribution is 7.85. The second-order valence-electron chi connectivity index (χ2n) is 11.1. The fourth-order valence-corrected chi connectivity index (χ4v) is 6.36. The minimum absolute atomic E-state index is 0.0313. The molecule has 1 amide bonds. The maximum atomic E-state index is 15.9. The lowest BCUT2D eigenvalue weighted by Gasteiger charge is -2.22. The molecule has 15 heteroatoms. The molecule has 234 valence electrons. The highest BCUT2D eigenvalue weighted by atomic mass is 35.5. The summed E-state index contributed by atoms with van der Waals surface area (Å²) in [6.45, 7) is 4.18. The van der Waals surface area contributed by atoms with E-state index in [1.54, 1.807) is 0 Å². The molecule has 1 aromatic carbocycles. The van der Waals surface area contributed by atoms with E-state index in [2.05, 4.69) is 15.7 Å². The number of carboxylic acid groups (broad SMARTS) is 1. The summed E-state index contributed by atoms with van der Waals surface area (Å²) in [6.07, 6.45) is 0.454. The third-order valence-electron chi connectivity index (χ3n) is 7.44. The van der Waals surface area contributed by atoms with Gasteiger partial charge in [-0.3, -0.25) is 23.8 Å². The molecule has 1 saturated carbocycles. The minimum Gasteiger partial charge on any atom is -0.481 e. The van der Waals surface area contributed by atoms with Crippen LogP contribution in [0.2, 0.25) is 10.0 Å². The van der Waals surface area contributed by atoms with Gasteiger partial charge in [0.05, 0.1) is 37.0 Å². The monoisotopic (exact) mass is 656 g/mol. The third kappa shape index (κ3) is 8.23. The predicted octanol–water partition coefficient (Wildman–Crippen LogP) is 6.41. The average Bonchev–Trinajstić information content (AvgIpc) is 3.23. The van der Waals surface area contributed by atoms with Gasteiger partial charge in [0.2, 0.25) is 0 Å². The first-order valence-electron chi connectivity index (χ1n) is 13.5. The van der Waals surface area contributed by atoms with E-state index in [0.29, 0.717) is 6.54 Å². The summed E-state index contributed by atoms with van der Waals surface area (Å²) < 4.78 is 68.6. The SMILES string of the molecule is C[C@H](NCS(=O)c1ccc(-c2c(F)c(C(=O)NCCC(C)(C)C(=O)O)nn2CC2CCCCC2)c(Cl)c1Cl)C(F)(F)F. The molecule has 3 N–H and O–H groups in total. The third-order valence-corrected chi connectivity index (χ3v) is 9.69. The van der Waals surface area contributed by atoms with Crippen molar-refractivity contribution >= 4 is 45.9 Å². The van der Waals surface area contributed by atoms with Crippen molar-refractivity contribution < 1.29 is 36.5 Å². The molecule has 0 aliphatic heterocycles. The summed E-state index contributed by atoms with van der Waals surface area (Å²) in [5.41, 5.74) is -1.64. The number of amides is 1.